The number of amides is 1. The van der Waals surface area contributed by atoms with Crippen LogP contribution in [0.1, 0.15) is 30.6 Å². The average molecular weight is 494 g/mol. The lowest BCUT2D eigenvalue weighted by Crippen LogP contribution is -2.45. The van der Waals surface area contributed by atoms with Crippen molar-refractivity contribution >= 4 is 41.3 Å². The van der Waals surface area contributed by atoms with Crippen molar-refractivity contribution in [2.45, 2.75) is 43.7 Å². The van der Waals surface area contributed by atoms with Gasteiger partial charge in [-0.1, -0.05) is 13.0 Å². The van der Waals surface area contributed by atoms with Crippen molar-refractivity contribution in [1.82, 2.24) is 10.6 Å². The van der Waals surface area contributed by atoms with Crippen molar-refractivity contribution in [1.29, 1.82) is 0 Å². The highest BCUT2D eigenvalue weighted by atomic mass is 32.2. The van der Waals surface area contributed by atoms with Crippen molar-refractivity contribution < 1.29 is 39.6 Å². The number of carboxylic acids is 3. The van der Waals surface area contributed by atoms with Gasteiger partial charge in [-0.15, -0.1) is 11.8 Å². The summed E-state index contributed by atoms with van der Waals surface area (Å²) in [5.74, 6) is -5.55. The summed E-state index contributed by atoms with van der Waals surface area (Å²) in [5.41, 5.74) is 0.314. The van der Waals surface area contributed by atoms with Gasteiger partial charge in [0.15, 0.2) is 0 Å². The Kier molecular flexibility index (Phi) is 7.85. The first-order chi connectivity index (χ1) is 16.0. The van der Waals surface area contributed by atoms with Crippen LogP contribution in [0.3, 0.4) is 0 Å². The molecule has 0 spiro atoms. The van der Waals surface area contributed by atoms with Crippen molar-refractivity contribution in [2.24, 2.45) is 11.8 Å². The number of aliphatic hydroxyl groups is 1. The van der Waals surface area contributed by atoms with Gasteiger partial charge in [0.25, 0.3) is 0 Å². The summed E-state index contributed by atoms with van der Waals surface area (Å²) in [6, 6.07) is 4.54. The number of carbonyl (C=O) groups excluding carboxylic acids is 1. The summed E-state index contributed by atoms with van der Waals surface area (Å²) in [5, 5.41) is 46.6. The third kappa shape index (κ3) is 5.51. The van der Waals surface area contributed by atoms with Gasteiger partial charge in [0, 0.05) is 34.3 Å². The number of carbonyl (C=O) groups is 4. The van der Waals surface area contributed by atoms with E-state index in [1.807, 2.05) is 0 Å². The normalized spacial score (nSPS) is 26.0. The molecule has 1 aromatic carbocycles. The summed E-state index contributed by atoms with van der Waals surface area (Å²) < 4.78 is 0. The minimum atomic E-state index is -1.22. The van der Waals surface area contributed by atoms with Gasteiger partial charge >= 0.3 is 17.9 Å². The number of nitrogens with one attached hydrogen (secondary N) is 3. The highest BCUT2D eigenvalue weighted by Gasteiger charge is 2.45. The van der Waals surface area contributed by atoms with E-state index in [0.717, 1.165) is 0 Å². The summed E-state index contributed by atoms with van der Waals surface area (Å²) in [7, 11) is 0. The molecule has 2 aliphatic rings. The van der Waals surface area contributed by atoms with Gasteiger partial charge in [0.2, 0.25) is 5.91 Å². The second-order valence-corrected chi connectivity index (χ2v) is 9.76. The fourth-order valence-corrected chi connectivity index (χ4v) is 5.73. The van der Waals surface area contributed by atoms with E-state index in [1.54, 1.807) is 13.0 Å². The Balaban J connectivity index is 1.67. The van der Waals surface area contributed by atoms with E-state index in [-0.39, 0.29) is 22.4 Å². The summed E-state index contributed by atoms with van der Waals surface area (Å²) >= 11 is 1.28. The largest absolute Gasteiger partial charge is 0.481 e. The van der Waals surface area contributed by atoms with E-state index >= 15 is 0 Å². The lowest BCUT2D eigenvalue weighted by molar-refractivity contribution is -0.147. The van der Waals surface area contributed by atoms with Gasteiger partial charge in [0.05, 0.1) is 17.7 Å². The molecule has 11 nitrogen and oxygen atoms in total. The molecule has 0 radical (unpaired) electrons. The Bertz CT molecular complexity index is 1030. The van der Waals surface area contributed by atoms with Crippen LogP contribution in [0.25, 0.3) is 0 Å². The molecule has 1 fully saturated rings. The number of carboxylic acid groups (broad SMARTS) is 3. The van der Waals surface area contributed by atoms with Gasteiger partial charge in [-0.05, 0) is 31.5 Å². The molecule has 0 aromatic heterocycles. The third-order valence-electron chi connectivity index (χ3n) is 5.99. The summed E-state index contributed by atoms with van der Waals surface area (Å²) in [6.45, 7) is 3.50. The second-order valence-electron chi connectivity index (χ2n) is 8.42. The summed E-state index contributed by atoms with van der Waals surface area (Å²) in [6.07, 6.45) is -0.792. The van der Waals surface area contributed by atoms with Crippen LogP contribution in [0.15, 0.2) is 34.9 Å². The first kappa shape index (κ1) is 25.5. The molecule has 7 N–H and O–H groups in total. The number of thioether (sulfide) groups is 1. The Morgan fingerprint density at radius 2 is 1.85 bits per heavy atom. The molecular formula is C22H27N3O8S. The summed E-state index contributed by atoms with van der Waals surface area (Å²) in [4.78, 5) is 47.8. The molecule has 3 rings (SSSR count). The zero-order valence-corrected chi connectivity index (χ0v) is 19.3. The van der Waals surface area contributed by atoms with Crippen molar-refractivity contribution in [3.8, 4) is 0 Å². The number of hydrogen-bond donors (Lipinski definition) is 7. The quantitative estimate of drug-likeness (QED) is 0.258. The van der Waals surface area contributed by atoms with Crippen molar-refractivity contribution in [3.05, 3.63) is 40.4 Å². The van der Waals surface area contributed by atoms with Crippen LogP contribution in [0, 0.1) is 11.8 Å². The van der Waals surface area contributed by atoms with Gasteiger partial charge < -0.3 is 36.4 Å². The van der Waals surface area contributed by atoms with E-state index in [4.69, 9.17) is 5.11 Å². The van der Waals surface area contributed by atoms with Gasteiger partial charge in [0.1, 0.15) is 11.6 Å². The fourth-order valence-electron chi connectivity index (χ4n) is 4.28. The van der Waals surface area contributed by atoms with Crippen LogP contribution in [0.4, 0.5) is 5.69 Å². The average Bonchev–Trinajstić information content (AvgIpc) is 3.34. The number of aromatic carboxylic acids is 1. The predicted molar refractivity (Wildman–Crippen MR) is 123 cm³/mol. The number of aliphatic carboxylic acids is 2. The first-order valence-corrected chi connectivity index (χ1v) is 11.6. The zero-order valence-electron chi connectivity index (χ0n) is 18.5. The van der Waals surface area contributed by atoms with Crippen molar-refractivity contribution in [3.63, 3.8) is 0 Å². The second kappa shape index (κ2) is 10.5. The van der Waals surface area contributed by atoms with Crippen LogP contribution in [0.5, 0.6) is 0 Å². The van der Waals surface area contributed by atoms with Gasteiger partial charge in [-0.25, -0.2) is 9.59 Å². The molecule has 0 saturated carbocycles. The Morgan fingerprint density at radius 1 is 1.15 bits per heavy atom. The number of anilines is 1. The number of aliphatic hydroxyl groups excluding tert-OH is 1. The fraction of sp³-hybridized carbons (Fsp3) is 0.455. The Labute approximate surface area is 199 Å². The predicted octanol–water partition coefficient (Wildman–Crippen LogP) is 0.773. The molecule has 12 heteroatoms. The lowest BCUT2D eigenvalue weighted by atomic mass is 9.87. The van der Waals surface area contributed by atoms with E-state index < -0.39 is 47.9 Å². The highest BCUT2D eigenvalue weighted by molar-refractivity contribution is 8.03. The number of rotatable bonds is 9. The van der Waals surface area contributed by atoms with E-state index in [1.165, 1.54) is 36.9 Å². The van der Waals surface area contributed by atoms with E-state index in [9.17, 15) is 34.5 Å². The number of benzene rings is 1. The maximum Gasteiger partial charge on any atom is 0.352 e. The van der Waals surface area contributed by atoms with Crippen LogP contribution in [-0.4, -0.2) is 74.2 Å². The molecule has 1 saturated heterocycles. The smallest absolute Gasteiger partial charge is 0.352 e. The maximum atomic E-state index is 12.7. The van der Waals surface area contributed by atoms with Crippen LogP contribution < -0.4 is 16.0 Å². The topological polar surface area (TPSA) is 185 Å². The van der Waals surface area contributed by atoms with Gasteiger partial charge in [-0.3, -0.25) is 9.59 Å². The SMILES string of the molecule is C[C@@H](O)[C@@H](C(=O)O)[C@@H]1NC(C(=O)O)=C(S[C@@H]2CN[C@H](C(=O)Nc3cccc(C(=O)O)c3)C2)[C@@H]1C. The zero-order chi connectivity index (χ0) is 25.2. The first-order valence-electron chi connectivity index (χ1n) is 10.7. The number of hydrogen-bond acceptors (Lipinski definition) is 8. The monoisotopic (exact) mass is 493 g/mol. The molecule has 34 heavy (non-hydrogen) atoms. The molecule has 2 aliphatic heterocycles. The van der Waals surface area contributed by atoms with Gasteiger partial charge in [-0.2, -0.15) is 0 Å². The molecule has 6 atom stereocenters. The van der Waals surface area contributed by atoms with Crippen LogP contribution in [0.2, 0.25) is 0 Å². The van der Waals surface area contributed by atoms with E-state index in [0.29, 0.717) is 23.6 Å². The molecule has 2 heterocycles. The van der Waals surface area contributed by atoms with Crippen LogP contribution in [-0.2, 0) is 14.4 Å². The highest BCUT2D eigenvalue weighted by Crippen LogP contribution is 2.41. The Hall–Kier alpha value is -3.09. The molecule has 184 valence electrons. The minimum Gasteiger partial charge on any atom is -0.481 e. The molecular weight excluding hydrogens is 466 g/mol. The lowest BCUT2D eigenvalue weighted by Gasteiger charge is -2.27. The maximum absolute atomic E-state index is 12.7. The molecule has 1 aromatic rings. The Morgan fingerprint density at radius 3 is 2.44 bits per heavy atom. The molecule has 0 unspecified atom stereocenters. The van der Waals surface area contributed by atoms with Crippen LogP contribution >= 0.6 is 11.8 Å². The minimum absolute atomic E-state index is 0.0490. The molecule has 0 aliphatic carbocycles. The third-order valence-corrected chi connectivity index (χ3v) is 7.52. The molecule has 1 amide bonds. The standard InChI is InChI=1S/C22H27N3O8S/c1-9-16(15(10(2)26)21(30)31)25-17(22(32)33)18(9)34-13-7-14(23-8-13)19(27)24-12-5-3-4-11(6-12)20(28)29/h3-6,9-10,13-16,23,25-26H,7-8H2,1-2H3,(H,24,27)(H,28,29)(H,30,31)(H,32,33)/t9-,10-,13+,14+,15-,16-/m1/s1. The van der Waals surface area contributed by atoms with E-state index in [2.05, 4.69) is 16.0 Å². The van der Waals surface area contributed by atoms with Crippen molar-refractivity contribution in [2.75, 3.05) is 11.9 Å². The molecule has 0 bridgehead atoms.